The zero-order chi connectivity index (χ0) is 16.1. The molecule has 1 aromatic rings. The van der Waals surface area contributed by atoms with E-state index in [1.807, 2.05) is 23.8 Å². The van der Waals surface area contributed by atoms with Crippen LogP contribution in [0.15, 0.2) is 18.3 Å². The number of nitrogens with zero attached hydrogens (tertiary/aromatic N) is 3. The Morgan fingerprint density at radius 1 is 1.36 bits per heavy atom. The molecule has 1 saturated heterocycles. The summed E-state index contributed by atoms with van der Waals surface area (Å²) in [7, 11) is 1.86. The summed E-state index contributed by atoms with van der Waals surface area (Å²) in [4.78, 5) is 31.4. The van der Waals surface area contributed by atoms with E-state index in [4.69, 9.17) is 5.11 Å². The van der Waals surface area contributed by atoms with Crippen LogP contribution in [-0.2, 0) is 4.79 Å². The zero-order valence-electron chi connectivity index (χ0n) is 13.2. The van der Waals surface area contributed by atoms with Crippen molar-refractivity contribution in [2.24, 2.45) is 0 Å². The molecule has 1 N–H and O–H groups in total. The van der Waals surface area contributed by atoms with Gasteiger partial charge in [0.25, 0.3) is 0 Å². The number of rotatable bonds is 5. The normalized spacial score (nSPS) is 16.6. The number of hydrogen-bond acceptors (Lipinski definition) is 4. The van der Waals surface area contributed by atoms with Gasteiger partial charge in [-0.15, -0.1) is 0 Å². The van der Waals surface area contributed by atoms with Crippen molar-refractivity contribution >= 4 is 11.9 Å². The van der Waals surface area contributed by atoms with Gasteiger partial charge in [0.05, 0.1) is 17.8 Å². The number of likely N-dealkylation sites (tertiary alicyclic amines) is 1. The number of carboxylic acid groups (broad SMARTS) is 1. The lowest BCUT2D eigenvalue weighted by Gasteiger charge is -2.30. The second kappa shape index (κ2) is 7.35. The smallest absolute Gasteiger partial charge is 0.335 e. The average molecular weight is 305 g/mol. The molecule has 2 rings (SSSR count). The van der Waals surface area contributed by atoms with Gasteiger partial charge in [0.2, 0.25) is 5.91 Å². The maximum Gasteiger partial charge on any atom is 0.335 e. The van der Waals surface area contributed by atoms with Crippen LogP contribution in [0.1, 0.15) is 48.3 Å². The quantitative estimate of drug-likeness (QED) is 0.897. The van der Waals surface area contributed by atoms with E-state index in [2.05, 4.69) is 4.98 Å². The first-order chi connectivity index (χ1) is 10.5. The number of carbonyl (C=O) groups is 2. The Labute approximate surface area is 130 Å². The van der Waals surface area contributed by atoms with Crippen LogP contribution in [0.25, 0.3) is 0 Å². The van der Waals surface area contributed by atoms with Crippen LogP contribution >= 0.6 is 0 Å². The Balaban J connectivity index is 1.99. The second-order valence-corrected chi connectivity index (χ2v) is 5.81. The van der Waals surface area contributed by atoms with Gasteiger partial charge in [0.1, 0.15) is 0 Å². The Morgan fingerprint density at radius 2 is 2.05 bits per heavy atom. The van der Waals surface area contributed by atoms with Crippen molar-refractivity contribution in [3.63, 3.8) is 0 Å². The van der Waals surface area contributed by atoms with Crippen LogP contribution in [0.3, 0.4) is 0 Å². The minimum absolute atomic E-state index is 0.118. The molecule has 1 amide bonds. The van der Waals surface area contributed by atoms with Crippen molar-refractivity contribution in [1.82, 2.24) is 14.8 Å². The molecule has 22 heavy (non-hydrogen) atoms. The number of piperidine rings is 1. The maximum atomic E-state index is 12.3. The lowest BCUT2D eigenvalue weighted by atomic mass is 10.1. The van der Waals surface area contributed by atoms with Gasteiger partial charge in [-0.25, -0.2) is 4.79 Å². The molecule has 0 radical (unpaired) electrons. The fourth-order valence-electron chi connectivity index (χ4n) is 2.63. The highest BCUT2D eigenvalue weighted by atomic mass is 16.4. The SMILES string of the molecule is CC(c1cc(C(=O)O)ccn1)N(C)CC(=O)N1CCCCC1. The minimum atomic E-state index is -0.970. The van der Waals surface area contributed by atoms with Gasteiger partial charge in [0.15, 0.2) is 0 Å². The minimum Gasteiger partial charge on any atom is -0.478 e. The molecule has 6 nitrogen and oxygen atoms in total. The molecule has 0 aliphatic carbocycles. The van der Waals surface area contributed by atoms with E-state index in [1.165, 1.54) is 18.7 Å². The van der Waals surface area contributed by atoms with Crippen LogP contribution in [0.2, 0.25) is 0 Å². The van der Waals surface area contributed by atoms with Crippen molar-refractivity contribution in [3.8, 4) is 0 Å². The first-order valence-electron chi connectivity index (χ1n) is 7.66. The second-order valence-electron chi connectivity index (χ2n) is 5.81. The molecule has 0 saturated carbocycles. The molecule has 1 atom stereocenters. The molecule has 1 fully saturated rings. The zero-order valence-corrected chi connectivity index (χ0v) is 13.2. The predicted octanol–water partition coefficient (Wildman–Crippen LogP) is 1.79. The highest BCUT2D eigenvalue weighted by Crippen LogP contribution is 2.18. The van der Waals surface area contributed by atoms with Gasteiger partial charge in [0, 0.05) is 25.3 Å². The molecule has 0 aromatic carbocycles. The standard InChI is InChI=1S/C16H23N3O3/c1-12(14-10-13(16(21)22)6-7-17-14)18(2)11-15(20)19-8-4-3-5-9-19/h6-7,10,12H,3-5,8-9,11H2,1-2H3,(H,21,22). The molecule has 1 aliphatic rings. The number of carbonyl (C=O) groups excluding carboxylic acids is 1. The first kappa shape index (κ1) is 16.4. The molecule has 1 aliphatic heterocycles. The summed E-state index contributed by atoms with van der Waals surface area (Å²) in [6.45, 7) is 3.93. The molecule has 0 spiro atoms. The largest absolute Gasteiger partial charge is 0.478 e. The maximum absolute atomic E-state index is 12.3. The van der Waals surface area contributed by atoms with E-state index in [0.29, 0.717) is 12.2 Å². The van der Waals surface area contributed by atoms with Crippen molar-refractivity contribution in [2.75, 3.05) is 26.7 Å². The number of pyridine rings is 1. The Hall–Kier alpha value is -1.95. The van der Waals surface area contributed by atoms with Crippen LogP contribution in [0.4, 0.5) is 0 Å². The van der Waals surface area contributed by atoms with Gasteiger partial charge < -0.3 is 10.0 Å². The van der Waals surface area contributed by atoms with E-state index >= 15 is 0 Å². The lowest BCUT2D eigenvalue weighted by molar-refractivity contribution is -0.133. The third-order valence-corrected chi connectivity index (χ3v) is 4.21. The molecule has 1 unspecified atom stereocenters. The Morgan fingerprint density at radius 3 is 2.68 bits per heavy atom. The monoisotopic (exact) mass is 305 g/mol. The number of amides is 1. The number of aromatic carboxylic acids is 1. The lowest BCUT2D eigenvalue weighted by Crippen LogP contribution is -2.42. The summed E-state index contributed by atoms with van der Waals surface area (Å²) in [6, 6.07) is 2.92. The summed E-state index contributed by atoms with van der Waals surface area (Å²) in [6.07, 6.45) is 4.85. The average Bonchev–Trinajstić information content (AvgIpc) is 2.54. The summed E-state index contributed by atoms with van der Waals surface area (Å²) < 4.78 is 0. The molecule has 1 aromatic heterocycles. The highest BCUT2D eigenvalue weighted by Gasteiger charge is 2.21. The first-order valence-corrected chi connectivity index (χ1v) is 7.66. The summed E-state index contributed by atoms with van der Waals surface area (Å²) in [5, 5.41) is 9.04. The molecular weight excluding hydrogens is 282 g/mol. The van der Waals surface area contributed by atoms with Crippen molar-refractivity contribution < 1.29 is 14.7 Å². The van der Waals surface area contributed by atoms with Crippen molar-refractivity contribution in [1.29, 1.82) is 0 Å². The van der Waals surface area contributed by atoms with E-state index in [-0.39, 0.29) is 17.5 Å². The molecular formula is C16H23N3O3. The van der Waals surface area contributed by atoms with E-state index in [0.717, 1.165) is 25.9 Å². The van der Waals surface area contributed by atoms with Gasteiger partial charge in [-0.3, -0.25) is 14.7 Å². The van der Waals surface area contributed by atoms with E-state index in [9.17, 15) is 9.59 Å². The fourth-order valence-corrected chi connectivity index (χ4v) is 2.63. The van der Waals surface area contributed by atoms with Crippen LogP contribution in [0.5, 0.6) is 0 Å². The van der Waals surface area contributed by atoms with Gasteiger partial charge in [-0.2, -0.15) is 0 Å². The number of carboxylic acids is 1. The Bertz CT molecular complexity index is 541. The summed E-state index contributed by atoms with van der Waals surface area (Å²) in [5.74, 6) is -0.841. The number of likely N-dealkylation sites (N-methyl/N-ethyl adjacent to an activating group) is 1. The summed E-state index contributed by atoms with van der Waals surface area (Å²) >= 11 is 0. The van der Waals surface area contributed by atoms with Gasteiger partial charge >= 0.3 is 5.97 Å². The predicted molar refractivity (Wildman–Crippen MR) is 82.7 cm³/mol. The van der Waals surface area contributed by atoms with Gasteiger partial charge in [-0.05, 0) is 45.4 Å². The van der Waals surface area contributed by atoms with Crippen LogP contribution in [0, 0.1) is 0 Å². The van der Waals surface area contributed by atoms with Gasteiger partial charge in [-0.1, -0.05) is 0 Å². The molecule has 120 valence electrons. The molecule has 2 heterocycles. The third-order valence-electron chi connectivity index (χ3n) is 4.21. The molecule has 6 heteroatoms. The van der Waals surface area contributed by atoms with Crippen LogP contribution in [-0.4, -0.2) is 58.4 Å². The van der Waals surface area contributed by atoms with E-state index < -0.39 is 5.97 Å². The molecule has 0 bridgehead atoms. The van der Waals surface area contributed by atoms with E-state index in [1.54, 1.807) is 6.07 Å². The highest BCUT2D eigenvalue weighted by molar-refractivity contribution is 5.87. The summed E-state index contributed by atoms with van der Waals surface area (Å²) in [5.41, 5.74) is 0.876. The van der Waals surface area contributed by atoms with Crippen molar-refractivity contribution in [3.05, 3.63) is 29.6 Å². The number of aromatic nitrogens is 1. The number of hydrogen-bond donors (Lipinski definition) is 1. The van der Waals surface area contributed by atoms with Crippen molar-refractivity contribution in [2.45, 2.75) is 32.2 Å². The topological polar surface area (TPSA) is 73.7 Å². The third kappa shape index (κ3) is 4.04. The fraction of sp³-hybridized carbons (Fsp3) is 0.562. The van der Waals surface area contributed by atoms with Crippen LogP contribution < -0.4 is 0 Å². The Kier molecular flexibility index (Phi) is 5.49.